The van der Waals surface area contributed by atoms with Crippen molar-refractivity contribution in [2.75, 3.05) is 11.9 Å². The number of carbonyl (C=O) groups is 2. The molecule has 1 saturated heterocycles. The van der Waals surface area contributed by atoms with Crippen LogP contribution in [0.4, 0.5) is 5.69 Å². The van der Waals surface area contributed by atoms with Crippen molar-refractivity contribution < 1.29 is 14.3 Å². The molecule has 0 aliphatic carbocycles. The van der Waals surface area contributed by atoms with Gasteiger partial charge < -0.3 is 15.0 Å². The average Bonchev–Trinajstić information content (AvgIpc) is 2.67. The van der Waals surface area contributed by atoms with E-state index in [1.165, 1.54) is 0 Å². The van der Waals surface area contributed by atoms with E-state index >= 15 is 0 Å². The Morgan fingerprint density at radius 1 is 1.29 bits per heavy atom. The number of amides is 2. The van der Waals surface area contributed by atoms with Gasteiger partial charge in [0.25, 0.3) is 0 Å². The number of para-hydroxylation sites is 1. The number of hydrogen-bond donors (Lipinski definition) is 1. The summed E-state index contributed by atoms with van der Waals surface area (Å²) in [4.78, 5) is 28.2. The molecule has 4 rings (SSSR count). The summed E-state index contributed by atoms with van der Waals surface area (Å²) < 4.78 is 6.21. The fourth-order valence-electron chi connectivity index (χ4n) is 4.28. The lowest BCUT2D eigenvalue weighted by Gasteiger charge is -2.52. The van der Waals surface area contributed by atoms with Crippen molar-refractivity contribution in [1.29, 1.82) is 0 Å². The number of likely N-dealkylation sites (tertiary alicyclic amines) is 1. The number of aryl methyl sites for hydroxylation is 1. The van der Waals surface area contributed by atoms with Gasteiger partial charge in [0.05, 0.1) is 0 Å². The van der Waals surface area contributed by atoms with Gasteiger partial charge in [-0.1, -0.05) is 42.0 Å². The fraction of sp³-hybridized carbons (Fsp3) is 0.304. The van der Waals surface area contributed by atoms with Crippen LogP contribution in [-0.2, 0) is 9.59 Å². The molecule has 2 aromatic rings. The van der Waals surface area contributed by atoms with Gasteiger partial charge in [-0.25, -0.2) is 0 Å². The molecule has 144 valence electrons. The molecule has 2 aromatic carbocycles. The summed E-state index contributed by atoms with van der Waals surface area (Å²) in [7, 11) is 0. The summed E-state index contributed by atoms with van der Waals surface area (Å²) in [6, 6.07) is 15.2. The Balaban J connectivity index is 1.73. The van der Waals surface area contributed by atoms with E-state index in [0.717, 1.165) is 16.9 Å². The molecule has 0 aromatic heterocycles. The van der Waals surface area contributed by atoms with Crippen LogP contribution in [0, 0.1) is 12.8 Å². The Morgan fingerprint density at radius 2 is 2.00 bits per heavy atom. The molecule has 1 N–H and O–H groups in total. The molecule has 3 atom stereocenters. The Hall–Kier alpha value is -3.08. The summed E-state index contributed by atoms with van der Waals surface area (Å²) in [5, 5.41) is 2.93. The molecule has 5 nitrogen and oxygen atoms in total. The molecule has 28 heavy (non-hydrogen) atoms. The minimum absolute atomic E-state index is 0.224. The highest BCUT2D eigenvalue weighted by Gasteiger charge is 2.55. The van der Waals surface area contributed by atoms with Crippen molar-refractivity contribution in [1.82, 2.24) is 4.90 Å². The van der Waals surface area contributed by atoms with Gasteiger partial charge in [0.15, 0.2) is 5.72 Å². The predicted molar refractivity (Wildman–Crippen MR) is 108 cm³/mol. The van der Waals surface area contributed by atoms with E-state index in [4.69, 9.17) is 4.74 Å². The van der Waals surface area contributed by atoms with E-state index in [9.17, 15) is 9.59 Å². The first kappa shape index (κ1) is 18.3. The summed E-state index contributed by atoms with van der Waals surface area (Å²) >= 11 is 0. The van der Waals surface area contributed by atoms with Crippen LogP contribution < -0.4 is 10.1 Å². The van der Waals surface area contributed by atoms with Crippen molar-refractivity contribution in [3.05, 3.63) is 72.3 Å². The molecule has 2 aliphatic heterocycles. The highest BCUT2D eigenvalue weighted by Crippen LogP contribution is 2.50. The zero-order chi connectivity index (χ0) is 19.9. The minimum Gasteiger partial charge on any atom is -0.468 e. The zero-order valence-corrected chi connectivity index (χ0v) is 16.1. The van der Waals surface area contributed by atoms with Crippen molar-refractivity contribution in [3.8, 4) is 5.75 Å². The molecule has 2 bridgehead atoms. The molecule has 0 spiro atoms. The number of nitrogens with one attached hydrogen (secondary N) is 1. The van der Waals surface area contributed by atoms with E-state index in [1.807, 2.05) is 62.4 Å². The van der Waals surface area contributed by atoms with Gasteiger partial charge in [0.2, 0.25) is 11.8 Å². The smallest absolute Gasteiger partial charge is 0.239 e. The summed E-state index contributed by atoms with van der Waals surface area (Å²) in [5.41, 5.74) is 1.92. The zero-order valence-electron chi connectivity index (χ0n) is 16.1. The minimum atomic E-state index is -0.806. The molecule has 1 fully saturated rings. The summed E-state index contributed by atoms with van der Waals surface area (Å²) in [6.45, 7) is 8.00. The third-order valence-electron chi connectivity index (χ3n) is 5.67. The molecule has 0 saturated carbocycles. The number of rotatable bonds is 4. The molecule has 2 unspecified atom stereocenters. The second kappa shape index (κ2) is 6.82. The van der Waals surface area contributed by atoms with E-state index in [2.05, 4.69) is 11.9 Å². The normalized spacial score (nSPS) is 25.5. The topological polar surface area (TPSA) is 58.6 Å². The van der Waals surface area contributed by atoms with Crippen LogP contribution in [-0.4, -0.2) is 29.0 Å². The molecule has 2 amide bonds. The van der Waals surface area contributed by atoms with Gasteiger partial charge in [-0.3, -0.25) is 9.59 Å². The lowest BCUT2D eigenvalue weighted by atomic mass is 9.73. The van der Waals surface area contributed by atoms with Crippen molar-refractivity contribution in [3.63, 3.8) is 0 Å². The monoisotopic (exact) mass is 376 g/mol. The van der Waals surface area contributed by atoms with E-state index in [-0.39, 0.29) is 17.7 Å². The molecule has 2 heterocycles. The summed E-state index contributed by atoms with van der Waals surface area (Å²) in [6.07, 6.45) is 2.23. The van der Waals surface area contributed by atoms with Crippen molar-refractivity contribution >= 4 is 17.5 Å². The Morgan fingerprint density at radius 3 is 2.71 bits per heavy atom. The van der Waals surface area contributed by atoms with Crippen LogP contribution in [0.25, 0.3) is 0 Å². The molecular weight excluding hydrogens is 352 g/mol. The lowest BCUT2D eigenvalue weighted by molar-refractivity contribution is -0.173. The lowest BCUT2D eigenvalue weighted by Crippen LogP contribution is -2.64. The number of fused-ring (bicyclic) bond motifs is 4. The van der Waals surface area contributed by atoms with Crippen LogP contribution in [0.3, 0.4) is 0 Å². The first-order valence-corrected chi connectivity index (χ1v) is 9.51. The summed E-state index contributed by atoms with van der Waals surface area (Å²) in [5.74, 6) is -0.811. The van der Waals surface area contributed by atoms with E-state index in [1.54, 1.807) is 11.0 Å². The van der Waals surface area contributed by atoms with Gasteiger partial charge in [0.1, 0.15) is 11.7 Å². The third kappa shape index (κ3) is 2.97. The Labute approximate surface area is 165 Å². The maximum Gasteiger partial charge on any atom is 0.239 e. The number of hydrogen-bond acceptors (Lipinski definition) is 3. The second-order valence-corrected chi connectivity index (χ2v) is 7.70. The van der Waals surface area contributed by atoms with Crippen LogP contribution >= 0.6 is 0 Å². The maximum absolute atomic E-state index is 13.4. The number of nitrogens with zero attached hydrogens (tertiary/aromatic N) is 1. The number of benzene rings is 2. The highest BCUT2D eigenvalue weighted by atomic mass is 16.5. The van der Waals surface area contributed by atoms with Gasteiger partial charge in [-0.2, -0.15) is 0 Å². The fourth-order valence-corrected chi connectivity index (χ4v) is 4.28. The second-order valence-electron chi connectivity index (χ2n) is 7.70. The quantitative estimate of drug-likeness (QED) is 0.651. The molecule has 5 heteroatoms. The maximum atomic E-state index is 13.4. The Bertz CT molecular complexity index is 937. The van der Waals surface area contributed by atoms with Crippen LogP contribution in [0.15, 0.2) is 61.2 Å². The number of carbonyl (C=O) groups excluding carboxylic acids is 2. The van der Waals surface area contributed by atoms with Gasteiger partial charge in [0, 0.05) is 24.6 Å². The number of ether oxygens (including phenoxy) is 1. The van der Waals surface area contributed by atoms with Crippen LogP contribution in [0.2, 0.25) is 0 Å². The van der Waals surface area contributed by atoms with Gasteiger partial charge in [-0.15, -0.1) is 6.58 Å². The third-order valence-corrected chi connectivity index (χ3v) is 5.67. The first-order valence-electron chi connectivity index (χ1n) is 9.51. The SMILES string of the molecule is C=CCN1C(=O)C(C(=O)Nc2ccc(C)cc2)C2C[C@@]1(C)Oc1ccccc12. The first-order chi connectivity index (χ1) is 13.4. The van der Waals surface area contributed by atoms with Crippen LogP contribution in [0.5, 0.6) is 5.75 Å². The van der Waals surface area contributed by atoms with Gasteiger partial charge in [-0.05, 0) is 37.6 Å². The van der Waals surface area contributed by atoms with E-state index < -0.39 is 11.6 Å². The highest BCUT2D eigenvalue weighted by molar-refractivity contribution is 6.08. The predicted octanol–water partition coefficient (Wildman–Crippen LogP) is 3.86. The van der Waals surface area contributed by atoms with Crippen molar-refractivity contribution in [2.45, 2.75) is 31.9 Å². The van der Waals surface area contributed by atoms with Gasteiger partial charge >= 0.3 is 0 Å². The van der Waals surface area contributed by atoms with E-state index in [0.29, 0.717) is 18.7 Å². The standard InChI is InChI=1S/C23H24N2O3/c1-4-13-25-22(27)20(21(26)24-16-11-9-15(2)10-12-16)18-14-23(25,3)28-19-8-6-5-7-17(18)19/h4-12,18,20H,1,13-14H2,2-3H3,(H,24,26)/t18?,20?,23-/m1/s1. The largest absolute Gasteiger partial charge is 0.468 e. The Kier molecular flexibility index (Phi) is 4.46. The molecule has 2 aliphatic rings. The van der Waals surface area contributed by atoms with Crippen molar-refractivity contribution in [2.24, 2.45) is 5.92 Å². The van der Waals surface area contributed by atoms with Crippen LogP contribution in [0.1, 0.15) is 30.4 Å². The molecule has 0 radical (unpaired) electrons. The average molecular weight is 376 g/mol. The number of anilines is 1. The number of piperidine rings is 1. The molecular formula is C23H24N2O3.